The van der Waals surface area contributed by atoms with E-state index >= 15 is 0 Å². The molecule has 178 valence electrons. The first-order valence-electron chi connectivity index (χ1n) is 11.3. The number of hydrogen-bond acceptors (Lipinski definition) is 11. The number of anilines is 1. The number of fused-ring (bicyclic) bond motifs is 1. The van der Waals surface area contributed by atoms with Crippen molar-refractivity contribution in [1.82, 2.24) is 45.6 Å². The molecule has 0 saturated heterocycles. The lowest BCUT2D eigenvalue weighted by molar-refractivity contribution is 0.0146. The zero-order chi connectivity index (χ0) is 23.5. The van der Waals surface area contributed by atoms with Gasteiger partial charge in [0.1, 0.15) is 6.10 Å². The number of hydrogen-bond donors (Lipinski definition) is 4. The molecule has 0 bridgehead atoms. The second kappa shape index (κ2) is 9.99. The van der Waals surface area contributed by atoms with Crippen molar-refractivity contribution in [2.24, 2.45) is 0 Å². The highest BCUT2D eigenvalue weighted by molar-refractivity contribution is 7.99. The summed E-state index contributed by atoms with van der Waals surface area (Å²) in [6.07, 6.45) is 0.0871. The molecule has 0 spiro atoms. The van der Waals surface area contributed by atoms with Crippen LogP contribution < -0.4 is 5.32 Å². The largest absolute Gasteiger partial charge is 0.390 e. The van der Waals surface area contributed by atoms with Crippen LogP contribution in [-0.2, 0) is 6.42 Å². The van der Waals surface area contributed by atoms with Gasteiger partial charge in [0.2, 0.25) is 0 Å². The topological polar surface area (TPSA) is 163 Å². The molecule has 5 rings (SSSR count). The van der Waals surface area contributed by atoms with Gasteiger partial charge in [0.25, 0.3) is 0 Å². The molecule has 4 aromatic rings. The van der Waals surface area contributed by atoms with E-state index in [2.05, 4.69) is 60.3 Å². The molecule has 1 fully saturated rings. The molecule has 1 aliphatic rings. The SMILES string of the molecule is CCCSc1nc(NCCc2ccccc2)c2nnn([C@@H]3C[C@H](c4nnn[nH]4)[C@@H](O)[C@H]3O)c2n1. The molecule has 12 nitrogen and oxygen atoms in total. The van der Waals surface area contributed by atoms with Crippen molar-refractivity contribution in [3.8, 4) is 0 Å². The number of aromatic nitrogens is 9. The van der Waals surface area contributed by atoms with Crippen LogP contribution in [0.2, 0.25) is 0 Å². The summed E-state index contributed by atoms with van der Waals surface area (Å²) in [5.41, 5.74) is 2.27. The average Bonchev–Trinajstić information content (AvgIpc) is 3.59. The summed E-state index contributed by atoms with van der Waals surface area (Å²) >= 11 is 1.56. The molecule has 13 heteroatoms. The van der Waals surface area contributed by atoms with Gasteiger partial charge < -0.3 is 15.5 Å². The van der Waals surface area contributed by atoms with Crippen LogP contribution in [0.1, 0.15) is 43.1 Å². The molecule has 1 aliphatic carbocycles. The predicted octanol–water partition coefficient (Wildman–Crippen LogP) is 1.34. The van der Waals surface area contributed by atoms with E-state index < -0.39 is 24.2 Å². The minimum atomic E-state index is -1.07. The fraction of sp³-hybridized carbons (Fsp3) is 0.476. The van der Waals surface area contributed by atoms with E-state index in [1.807, 2.05) is 18.2 Å². The Hall–Kier alpha value is -3.16. The van der Waals surface area contributed by atoms with Gasteiger partial charge in [-0.2, -0.15) is 0 Å². The Morgan fingerprint density at radius 3 is 2.76 bits per heavy atom. The Labute approximate surface area is 199 Å². The van der Waals surface area contributed by atoms with Gasteiger partial charge in [-0.15, -0.1) is 10.2 Å². The number of aliphatic hydroxyl groups excluding tert-OH is 2. The molecular formula is C21H26N10O2S. The van der Waals surface area contributed by atoms with Gasteiger partial charge in [0.15, 0.2) is 28.0 Å². The molecule has 3 heterocycles. The van der Waals surface area contributed by atoms with Crippen molar-refractivity contribution in [2.75, 3.05) is 17.6 Å². The van der Waals surface area contributed by atoms with Crippen LogP contribution in [0.5, 0.6) is 0 Å². The molecule has 0 unspecified atom stereocenters. The lowest BCUT2D eigenvalue weighted by Crippen LogP contribution is -2.29. The monoisotopic (exact) mass is 482 g/mol. The number of benzene rings is 1. The van der Waals surface area contributed by atoms with Crippen LogP contribution in [0.4, 0.5) is 5.82 Å². The minimum Gasteiger partial charge on any atom is -0.390 e. The highest BCUT2D eigenvalue weighted by Gasteiger charge is 2.46. The summed E-state index contributed by atoms with van der Waals surface area (Å²) in [4.78, 5) is 9.38. The van der Waals surface area contributed by atoms with Crippen LogP contribution >= 0.6 is 11.8 Å². The fourth-order valence-corrected chi connectivity index (χ4v) is 4.92. The summed E-state index contributed by atoms with van der Waals surface area (Å²) < 4.78 is 1.59. The number of thioether (sulfide) groups is 1. The van der Waals surface area contributed by atoms with E-state index in [1.54, 1.807) is 16.4 Å². The van der Waals surface area contributed by atoms with Gasteiger partial charge in [-0.3, -0.25) is 0 Å². The standard InChI is InChI=1S/C21H26N10O2S/c1-2-10-34-21-23-19(22-9-8-12-6-4-3-5-7-12)15-20(24-21)31(30-25-15)14-11-13(16(32)17(14)33)18-26-28-29-27-18/h3-7,13-14,16-17,32-33H,2,8-11H2,1H3,(H,22,23,24)(H,26,27,28,29)/t13-,14+,16+,17-/m0/s1. The van der Waals surface area contributed by atoms with Gasteiger partial charge in [-0.05, 0) is 35.3 Å². The Morgan fingerprint density at radius 1 is 1.15 bits per heavy atom. The van der Waals surface area contributed by atoms with Crippen LogP contribution in [0.25, 0.3) is 11.2 Å². The maximum absolute atomic E-state index is 10.8. The van der Waals surface area contributed by atoms with Gasteiger partial charge in [0.05, 0.1) is 18.1 Å². The minimum absolute atomic E-state index is 0.385. The number of nitrogens with zero attached hydrogens (tertiary/aromatic N) is 8. The first-order chi connectivity index (χ1) is 16.7. The molecule has 0 radical (unpaired) electrons. The Balaban J connectivity index is 1.44. The lowest BCUT2D eigenvalue weighted by Gasteiger charge is -2.17. The second-order valence-corrected chi connectivity index (χ2v) is 9.31. The fourth-order valence-electron chi connectivity index (χ4n) is 4.23. The van der Waals surface area contributed by atoms with Gasteiger partial charge in [-0.25, -0.2) is 19.7 Å². The third-order valence-electron chi connectivity index (χ3n) is 5.97. The maximum Gasteiger partial charge on any atom is 0.191 e. The smallest absolute Gasteiger partial charge is 0.191 e. The van der Waals surface area contributed by atoms with E-state index in [1.165, 1.54) is 5.56 Å². The predicted molar refractivity (Wildman–Crippen MR) is 125 cm³/mol. The van der Waals surface area contributed by atoms with Crippen molar-refractivity contribution in [1.29, 1.82) is 0 Å². The van der Waals surface area contributed by atoms with Gasteiger partial charge >= 0.3 is 0 Å². The molecule has 1 saturated carbocycles. The van der Waals surface area contributed by atoms with Crippen molar-refractivity contribution in [2.45, 2.75) is 55.5 Å². The van der Waals surface area contributed by atoms with Crippen molar-refractivity contribution in [3.63, 3.8) is 0 Å². The molecule has 1 aromatic carbocycles. The van der Waals surface area contributed by atoms with Crippen LogP contribution in [0, 0.1) is 0 Å². The number of tetrazole rings is 1. The Morgan fingerprint density at radius 2 is 2.00 bits per heavy atom. The van der Waals surface area contributed by atoms with Crippen molar-refractivity contribution in [3.05, 3.63) is 41.7 Å². The molecule has 0 amide bonds. The van der Waals surface area contributed by atoms with E-state index in [9.17, 15) is 10.2 Å². The zero-order valence-corrected chi connectivity index (χ0v) is 19.4. The molecule has 4 atom stereocenters. The summed E-state index contributed by atoms with van der Waals surface area (Å²) in [6, 6.07) is 9.68. The summed E-state index contributed by atoms with van der Waals surface area (Å²) in [7, 11) is 0. The van der Waals surface area contributed by atoms with Gasteiger partial charge in [-0.1, -0.05) is 54.2 Å². The van der Waals surface area contributed by atoms with E-state index in [0.29, 0.717) is 40.9 Å². The summed E-state index contributed by atoms with van der Waals surface area (Å²) in [5.74, 6) is 1.46. The lowest BCUT2D eigenvalue weighted by atomic mass is 10.1. The number of rotatable bonds is 9. The molecular weight excluding hydrogens is 456 g/mol. The van der Waals surface area contributed by atoms with E-state index in [0.717, 1.165) is 18.6 Å². The van der Waals surface area contributed by atoms with E-state index in [4.69, 9.17) is 4.98 Å². The third kappa shape index (κ3) is 4.45. The average molecular weight is 483 g/mol. The normalized spacial score (nSPS) is 22.4. The Bertz CT molecular complexity index is 1220. The molecule has 3 aromatic heterocycles. The molecule has 4 N–H and O–H groups in total. The first-order valence-corrected chi connectivity index (χ1v) is 12.3. The van der Waals surface area contributed by atoms with Gasteiger partial charge in [0, 0.05) is 12.3 Å². The quantitative estimate of drug-likeness (QED) is 0.201. The highest BCUT2D eigenvalue weighted by atomic mass is 32.2. The van der Waals surface area contributed by atoms with Crippen LogP contribution in [0.3, 0.4) is 0 Å². The summed E-state index contributed by atoms with van der Waals surface area (Å²) in [5, 5.41) is 47.9. The van der Waals surface area contributed by atoms with Crippen LogP contribution in [0.15, 0.2) is 35.5 Å². The molecule has 0 aliphatic heterocycles. The molecule has 34 heavy (non-hydrogen) atoms. The van der Waals surface area contributed by atoms with E-state index in [-0.39, 0.29) is 0 Å². The number of aromatic amines is 1. The third-order valence-corrected chi connectivity index (χ3v) is 7.02. The second-order valence-electron chi connectivity index (χ2n) is 8.25. The highest BCUT2D eigenvalue weighted by Crippen LogP contribution is 2.41. The maximum atomic E-state index is 10.8. The van der Waals surface area contributed by atoms with Crippen LogP contribution in [-0.4, -0.2) is 80.3 Å². The number of nitrogens with one attached hydrogen (secondary N) is 2. The zero-order valence-electron chi connectivity index (χ0n) is 18.6. The number of H-pyrrole nitrogens is 1. The van der Waals surface area contributed by atoms with Crippen molar-refractivity contribution < 1.29 is 10.2 Å². The Kier molecular flexibility index (Phi) is 6.65. The number of aliphatic hydroxyl groups is 2. The summed E-state index contributed by atoms with van der Waals surface area (Å²) in [6.45, 7) is 2.78. The van der Waals surface area contributed by atoms with Crippen molar-refractivity contribution >= 4 is 28.7 Å². The first kappa shape index (κ1) is 22.6.